The van der Waals surface area contributed by atoms with Gasteiger partial charge in [-0.2, -0.15) is 0 Å². The summed E-state index contributed by atoms with van der Waals surface area (Å²) >= 11 is 7.42. The SMILES string of the molecule is CCc1nc(N)sc1Cc1ccc(Cl)cc1. The van der Waals surface area contributed by atoms with Crippen molar-refractivity contribution in [2.75, 3.05) is 5.73 Å². The van der Waals surface area contributed by atoms with Crippen LogP contribution < -0.4 is 5.73 Å². The second kappa shape index (κ2) is 4.85. The van der Waals surface area contributed by atoms with Gasteiger partial charge in [0, 0.05) is 16.3 Å². The van der Waals surface area contributed by atoms with E-state index in [4.69, 9.17) is 17.3 Å². The van der Waals surface area contributed by atoms with E-state index in [-0.39, 0.29) is 0 Å². The Morgan fingerprint density at radius 2 is 2.00 bits per heavy atom. The zero-order valence-electron chi connectivity index (χ0n) is 9.03. The number of nitrogen functional groups attached to an aromatic ring is 1. The first-order valence-electron chi connectivity index (χ1n) is 5.17. The molecule has 1 aromatic carbocycles. The fourth-order valence-corrected chi connectivity index (χ4v) is 2.69. The maximum Gasteiger partial charge on any atom is 0.180 e. The van der Waals surface area contributed by atoms with E-state index in [1.807, 2.05) is 24.3 Å². The Morgan fingerprint density at radius 1 is 1.31 bits per heavy atom. The van der Waals surface area contributed by atoms with E-state index in [2.05, 4.69) is 11.9 Å². The summed E-state index contributed by atoms with van der Waals surface area (Å²) in [7, 11) is 0. The number of anilines is 1. The Kier molecular flexibility index (Phi) is 3.46. The Balaban J connectivity index is 2.22. The summed E-state index contributed by atoms with van der Waals surface area (Å²) in [4.78, 5) is 5.57. The van der Waals surface area contributed by atoms with Crippen molar-refractivity contribution in [2.24, 2.45) is 0 Å². The molecule has 16 heavy (non-hydrogen) atoms. The van der Waals surface area contributed by atoms with Gasteiger partial charge in [0.05, 0.1) is 5.69 Å². The standard InChI is InChI=1S/C12H13ClN2S/c1-2-10-11(16-12(14)15-10)7-8-3-5-9(13)6-4-8/h3-6H,2,7H2,1H3,(H2,14,15). The highest BCUT2D eigenvalue weighted by Crippen LogP contribution is 2.24. The molecule has 1 heterocycles. The lowest BCUT2D eigenvalue weighted by Crippen LogP contribution is -1.91. The van der Waals surface area contributed by atoms with Crippen LogP contribution in [0.15, 0.2) is 24.3 Å². The number of hydrogen-bond donors (Lipinski definition) is 1. The molecule has 1 aromatic heterocycles. The monoisotopic (exact) mass is 252 g/mol. The number of nitrogens with two attached hydrogens (primary N) is 1. The van der Waals surface area contributed by atoms with Crippen molar-refractivity contribution in [1.29, 1.82) is 0 Å². The van der Waals surface area contributed by atoms with Gasteiger partial charge in [-0.05, 0) is 24.1 Å². The van der Waals surface area contributed by atoms with Crippen molar-refractivity contribution >= 4 is 28.1 Å². The van der Waals surface area contributed by atoms with Crippen LogP contribution in [0.1, 0.15) is 23.1 Å². The zero-order valence-corrected chi connectivity index (χ0v) is 10.6. The van der Waals surface area contributed by atoms with Crippen LogP contribution in [0.3, 0.4) is 0 Å². The van der Waals surface area contributed by atoms with Gasteiger partial charge in [-0.3, -0.25) is 0 Å². The normalized spacial score (nSPS) is 10.6. The summed E-state index contributed by atoms with van der Waals surface area (Å²) in [6, 6.07) is 7.90. The van der Waals surface area contributed by atoms with Crippen LogP contribution in [0.25, 0.3) is 0 Å². The van der Waals surface area contributed by atoms with Crippen molar-refractivity contribution in [2.45, 2.75) is 19.8 Å². The van der Waals surface area contributed by atoms with Crippen molar-refractivity contribution < 1.29 is 0 Å². The molecule has 2 rings (SSSR count). The van der Waals surface area contributed by atoms with Crippen LogP contribution in [0.2, 0.25) is 5.02 Å². The topological polar surface area (TPSA) is 38.9 Å². The Bertz CT molecular complexity index is 476. The summed E-state index contributed by atoms with van der Waals surface area (Å²) in [5.41, 5.74) is 8.07. The molecule has 0 aliphatic carbocycles. The number of thiazole rings is 1. The van der Waals surface area contributed by atoms with Crippen LogP contribution in [-0.2, 0) is 12.8 Å². The molecule has 0 saturated heterocycles. The number of nitrogens with zero attached hydrogens (tertiary/aromatic N) is 1. The molecule has 0 amide bonds. The van der Waals surface area contributed by atoms with Crippen LogP contribution in [0.5, 0.6) is 0 Å². The van der Waals surface area contributed by atoms with Crippen molar-refractivity contribution in [3.8, 4) is 0 Å². The molecule has 0 saturated carbocycles. The lowest BCUT2D eigenvalue weighted by Gasteiger charge is -2.00. The first-order valence-corrected chi connectivity index (χ1v) is 6.37. The molecular formula is C12H13ClN2S. The molecule has 2 aromatic rings. The van der Waals surface area contributed by atoms with E-state index in [1.165, 1.54) is 10.4 Å². The number of halogens is 1. The van der Waals surface area contributed by atoms with Gasteiger partial charge in [-0.25, -0.2) is 4.98 Å². The van der Waals surface area contributed by atoms with E-state index in [9.17, 15) is 0 Å². The maximum atomic E-state index is 5.85. The van der Waals surface area contributed by atoms with Crippen molar-refractivity contribution in [3.63, 3.8) is 0 Å². The second-order valence-electron chi connectivity index (χ2n) is 3.58. The molecule has 4 heteroatoms. The number of aryl methyl sites for hydroxylation is 1. The number of aromatic nitrogens is 1. The lowest BCUT2D eigenvalue weighted by atomic mass is 10.1. The minimum Gasteiger partial charge on any atom is -0.375 e. The highest BCUT2D eigenvalue weighted by atomic mass is 35.5. The fourth-order valence-electron chi connectivity index (χ4n) is 1.61. The first-order chi connectivity index (χ1) is 7.69. The molecule has 0 spiro atoms. The van der Waals surface area contributed by atoms with Gasteiger partial charge in [0.2, 0.25) is 0 Å². The highest BCUT2D eigenvalue weighted by Gasteiger charge is 2.08. The van der Waals surface area contributed by atoms with Gasteiger partial charge >= 0.3 is 0 Å². The van der Waals surface area contributed by atoms with Crippen LogP contribution >= 0.6 is 22.9 Å². The van der Waals surface area contributed by atoms with E-state index in [0.717, 1.165) is 23.6 Å². The fraction of sp³-hybridized carbons (Fsp3) is 0.250. The van der Waals surface area contributed by atoms with Crippen molar-refractivity contribution in [1.82, 2.24) is 4.98 Å². The van der Waals surface area contributed by atoms with Gasteiger partial charge in [0.25, 0.3) is 0 Å². The summed E-state index contributed by atoms with van der Waals surface area (Å²) < 4.78 is 0. The Labute approximate surface area is 104 Å². The van der Waals surface area contributed by atoms with E-state index in [0.29, 0.717) is 5.13 Å². The van der Waals surface area contributed by atoms with Gasteiger partial charge in [-0.1, -0.05) is 30.7 Å². The Morgan fingerprint density at radius 3 is 2.62 bits per heavy atom. The van der Waals surface area contributed by atoms with E-state index < -0.39 is 0 Å². The molecule has 84 valence electrons. The molecule has 0 fully saturated rings. The highest BCUT2D eigenvalue weighted by molar-refractivity contribution is 7.15. The van der Waals surface area contributed by atoms with Gasteiger partial charge < -0.3 is 5.73 Å². The molecular weight excluding hydrogens is 240 g/mol. The summed E-state index contributed by atoms with van der Waals surface area (Å²) in [6.45, 7) is 2.10. The van der Waals surface area contributed by atoms with Crippen molar-refractivity contribution in [3.05, 3.63) is 45.4 Å². The smallest absolute Gasteiger partial charge is 0.180 e. The zero-order chi connectivity index (χ0) is 11.5. The molecule has 2 nitrogen and oxygen atoms in total. The quantitative estimate of drug-likeness (QED) is 0.908. The average molecular weight is 253 g/mol. The third kappa shape index (κ3) is 2.54. The van der Waals surface area contributed by atoms with Crippen LogP contribution in [0, 0.1) is 0 Å². The number of rotatable bonds is 3. The van der Waals surface area contributed by atoms with E-state index in [1.54, 1.807) is 11.3 Å². The van der Waals surface area contributed by atoms with Gasteiger partial charge in [0.15, 0.2) is 5.13 Å². The minimum atomic E-state index is 0.654. The molecule has 0 unspecified atom stereocenters. The molecule has 0 aliphatic heterocycles. The summed E-state index contributed by atoms with van der Waals surface area (Å²) in [5, 5.41) is 1.42. The first kappa shape index (κ1) is 11.4. The molecule has 2 N–H and O–H groups in total. The molecule has 0 radical (unpaired) electrons. The number of hydrogen-bond acceptors (Lipinski definition) is 3. The number of benzene rings is 1. The third-order valence-electron chi connectivity index (χ3n) is 2.41. The lowest BCUT2D eigenvalue weighted by molar-refractivity contribution is 1.02. The van der Waals surface area contributed by atoms with Crippen LogP contribution in [-0.4, -0.2) is 4.98 Å². The predicted molar refractivity (Wildman–Crippen MR) is 70.2 cm³/mol. The predicted octanol–water partition coefficient (Wildman–Crippen LogP) is 3.53. The second-order valence-corrected chi connectivity index (χ2v) is 5.13. The summed E-state index contributed by atoms with van der Waals surface area (Å²) in [5.74, 6) is 0. The third-order valence-corrected chi connectivity index (χ3v) is 3.59. The average Bonchev–Trinajstić information content (AvgIpc) is 2.62. The van der Waals surface area contributed by atoms with E-state index >= 15 is 0 Å². The Hall–Kier alpha value is -1.06. The minimum absolute atomic E-state index is 0.654. The van der Waals surface area contributed by atoms with Crippen LogP contribution in [0.4, 0.5) is 5.13 Å². The maximum absolute atomic E-state index is 5.85. The largest absolute Gasteiger partial charge is 0.375 e. The van der Waals surface area contributed by atoms with Gasteiger partial charge in [-0.15, -0.1) is 11.3 Å². The molecule has 0 atom stereocenters. The van der Waals surface area contributed by atoms with Gasteiger partial charge in [0.1, 0.15) is 0 Å². The molecule has 0 aliphatic rings. The summed E-state index contributed by atoms with van der Waals surface area (Å²) in [6.07, 6.45) is 1.81. The molecule has 0 bridgehead atoms.